The molecule has 1 fully saturated rings. The Balaban J connectivity index is 1.93. The molecule has 0 spiro atoms. The van der Waals surface area contributed by atoms with Crippen molar-refractivity contribution in [2.75, 3.05) is 0 Å². The van der Waals surface area contributed by atoms with Gasteiger partial charge in [0.25, 0.3) is 0 Å². The number of ether oxygens (including phenoxy) is 1. The van der Waals surface area contributed by atoms with Gasteiger partial charge in [-0.1, -0.05) is 18.2 Å². The minimum atomic E-state index is -0.534. The van der Waals surface area contributed by atoms with E-state index < -0.39 is 5.54 Å². The first-order chi connectivity index (χ1) is 10.1. The lowest BCUT2D eigenvalue weighted by atomic mass is 9.89. The average Bonchev–Trinajstić information content (AvgIpc) is 2.83. The second kappa shape index (κ2) is 5.18. The number of carbonyl (C=O) groups excluding carboxylic acids is 1. The lowest BCUT2D eigenvalue weighted by Crippen LogP contribution is -2.39. The van der Waals surface area contributed by atoms with Crippen LogP contribution in [0.3, 0.4) is 0 Å². The fourth-order valence-electron chi connectivity index (χ4n) is 2.42. The van der Waals surface area contributed by atoms with E-state index in [1.807, 2.05) is 31.2 Å². The van der Waals surface area contributed by atoms with Crippen LogP contribution in [0.1, 0.15) is 18.9 Å². The molecule has 21 heavy (non-hydrogen) atoms. The van der Waals surface area contributed by atoms with Crippen LogP contribution < -0.4 is 15.6 Å². The second-order valence-electron chi connectivity index (χ2n) is 5.23. The molecule has 3 rings (SSSR count). The number of para-hydroxylation sites is 1. The molecule has 0 saturated carbocycles. The Morgan fingerprint density at radius 3 is 2.52 bits per heavy atom. The Morgan fingerprint density at radius 2 is 1.86 bits per heavy atom. The Kier molecular flexibility index (Phi) is 3.35. The summed E-state index contributed by atoms with van der Waals surface area (Å²) in [5.41, 5.74) is 5.94. The molecular weight excluding hydrogens is 271 g/mol. The monoisotopic (exact) mass is 286 g/mol. The zero-order valence-corrected chi connectivity index (χ0v) is 11.5. The molecule has 2 N–H and O–H groups in total. The van der Waals surface area contributed by atoms with E-state index in [1.165, 1.54) is 12.1 Å². The first kappa shape index (κ1) is 13.6. The summed E-state index contributed by atoms with van der Waals surface area (Å²) in [6.07, 6.45) is 0.330. The van der Waals surface area contributed by atoms with Crippen molar-refractivity contribution in [1.82, 2.24) is 10.9 Å². The van der Waals surface area contributed by atoms with Crippen molar-refractivity contribution in [2.45, 2.75) is 18.9 Å². The van der Waals surface area contributed by atoms with E-state index in [9.17, 15) is 9.18 Å². The van der Waals surface area contributed by atoms with Crippen LogP contribution in [0.4, 0.5) is 4.39 Å². The third-order valence-electron chi connectivity index (χ3n) is 3.51. The van der Waals surface area contributed by atoms with Gasteiger partial charge in [0.05, 0.1) is 12.0 Å². The van der Waals surface area contributed by atoms with Crippen molar-refractivity contribution in [3.05, 3.63) is 59.9 Å². The Morgan fingerprint density at radius 1 is 1.14 bits per heavy atom. The fourth-order valence-corrected chi connectivity index (χ4v) is 2.42. The highest BCUT2D eigenvalue weighted by atomic mass is 19.1. The van der Waals surface area contributed by atoms with Gasteiger partial charge in [0.15, 0.2) is 0 Å². The highest BCUT2D eigenvalue weighted by molar-refractivity contribution is 5.79. The zero-order chi connectivity index (χ0) is 14.9. The van der Waals surface area contributed by atoms with Crippen LogP contribution in [-0.2, 0) is 10.3 Å². The number of hydrogen-bond acceptors (Lipinski definition) is 3. The summed E-state index contributed by atoms with van der Waals surface area (Å²) in [6, 6.07) is 13.3. The van der Waals surface area contributed by atoms with Crippen molar-refractivity contribution in [3.8, 4) is 11.5 Å². The predicted molar refractivity (Wildman–Crippen MR) is 76.2 cm³/mol. The van der Waals surface area contributed by atoms with E-state index >= 15 is 0 Å². The molecule has 0 radical (unpaired) electrons. The van der Waals surface area contributed by atoms with Crippen LogP contribution in [0.5, 0.6) is 11.5 Å². The molecule has 2 aromatic carbocycles. The van der Waals surface area contributed by atoms with Crippen LogP contribution >= 0.6 is 0 Å². The molecule has 0 aliphatic carbocycles. The smallest absolute Gasteiger partial charge is 0.236 e. The molecule has 1 amide bonds. The first-order valence-electron chi connectivity index (χ1n) is 6.66. The highest BCUT2D eigenvalue weighted by Gasteiger charge is 2.37. The zero-order valence-electron chi connectivity index (χ0n) is 11.5. The van der Waals surface area contributed by atoms with E-state index in [2.05, 4.69) is 10.9 Å². The van der Waals surface area contributed by atoms with Gasteiger partial charge in [0, 0.05) is 5.56 Å². The molecule has 1 aliphatic heterocycles. The van der Waals surface area contributed by atoms with Crippen LogP contribution in [0.25, 0.3) is 0 Å². The molecular formula is C16H15FN2O2. The van der Waals surface area contributed by atoms with Crippen LogP contribution in [0, 0.1) is 5.82 Å². The van der Waals surface area contributed by atoms with Gasteiger partial charge in [-0.25, -0.2) is 9.82 Å². The molecule has 1 heterocycles. The van der Waals surface area contributed by atoms with Crippen LogP contribution in [0.2, 0.25) is 0 Å². The molecule has 2 aromatic rings. The third-order valence-corrected chi connectivity index (χ3v) is 3.51. The third kappa shape index (κ3) is 2.73. The van der Waals surface area contributed by atoms with Gasteiger partial charge in [0.2, 0.25) is 5.91 Å². The minimum absolute atomic E-state index is 0.0610. The van der Waals surface area contributed by atoms with E-state index in [0.29, 0.717) is 17.9 Å². The van der Waals surface area contributed by atoms with Crippen LogP contribution in [-0.4, -0.2) is 5.91 Å². The van der Waals surface area contributed by atoms with Gasteiger partial charge in [-0.3, -0.25) is 10.2 Å². The minimum Gasteiger partial charge on any atom is -0.457 e. The van der Waals surface area contributed by atoms with Gasteiger partial charge in [-0.15, -0.1) is 0 Å². The van der Waals surface area contributed by atoms with E-state index in [1.54, 1.807) is 12.1 Å². The molecule has 108 valence electrons. The van der Waals surface area contributed by atoms with Gasteiger partial charge in [0.1, 0.15) is 17.3 Å². The number of nitrogens with one attached hydrogen (secondary N) is 2. The van der Waals surface area contributed by atoms with Crippen molar-refractivity contribution < 1.29 is 13.9 Å². The molecule has 0 bridgehead atoms. The summed E-state index contributed by atoms with van der Waals surface area (Å²) >= 11 is 0. The number of benzene rings is 2. The predicted octanol–water partition coefficient (Wildman–Crippen LogP) is 2.86. The maximum atomic E-state index is 12.9. The maximum Gasteiger partial charge on any atom is 0.236 e. The van der Waals surface area contributed by atoms with Gasteiger partial charge < -0.3 is 4.74 Å². The highest BCUT2D eigenvalue weighted by Crippen LogP contribution is 2.36. The number of carbonyl (C=O) groups is 1. The van der Waals surface area contributed by atoms with E-state index in [-0.39, 0.29) is 11.7 Å². The second-order valence-corrected chi connectivity index (χ2v) is 5.23. The van der Waals surface area contributed by atoms with E-state index in [0.717, 1.165) is 5.56 Å². The largest absolute Gasteiger partial charge is 0.457 e. The number of hydrazine groups is 1. The molecule has 4 nitrogen and oxygen atoms in total. The lowest BCUT2D eigenvalue weighted by Gasteiger charge is -2.25. The van der Waals surface area contributed by atoms with Crippen molar-refractivity contribution in [3.63, 3.8) is 0 Å². The number of amides is 1. The van der Waals surface area contributed by atoms with Gasteiger partial charge in [-0.2, -0.15) is 0 Å². The molecule has 1 atom stereocenters. The topological polar surface area (TPSA) is 50.4 Å². The molecule has 1 saturated heterocycles. The molecule has 1 aliphatic rings. The van der Waals surface area contributed by atoms with Gasteiger partial charge >= 0.3 is 0 Å². The van der Waals surface area contributed by atoms with Crippen molar-refractivity contribution in [2.24, 2.45) is 0 Å². The SMILES string of the molecule is CC1(c2ccccc2Oc2ccc(F)cc2)CC(=O)NN1. The maximum absolute atomic E-state index is 12.9. The summed E-state index contributed by atoms with van der Waals surface area (Å²) in [6.45, 7) is 1.93. The Hall–Kier alpha value is -2.40. The molecule has 5 heteroatoms. The van der Waals surface area contributed by atoms with Gasteiger partial charge in [-0.05, 0) is 37.3 Å². The summed E-state index contributed by atoms with van der Waals surface area (Å²) < 4.78 is 18.8. The summed E-state index contributed by atoms with van der Waals surface area (Å²) in [7, 11) is 0. The number of rotatable bonds is 3. The Labute approximate surface area is 121 Å². The quantitative estimate of drug-likeness (QED) is 0.912. The summed E-state index contributed by atoms with van der Waals surface area (Å²) in [5, 5.41) is 0. The van der Waals surface area contributed by atoms with Crippen molar-refractivity contribution >= 4 is 5.91 Å². The Bertz CT molecular complexity index is 672. The lowest BCUT2D eigenvalue weighted by molar-refractivity contribution is -0.119. The summed E-state index contributed by atoms with van der Waals surface area (Å²) in [5.74, 6) is 0.810. The fraction of sp³-hybridized carbons (Fsp3) is 0.188. The standard InChI is InChI=1S/C16H15FN2O2/c1-16(10-15(20)18-19-16)13-4-2-3-5-14(13)21-12-8-6-11(17)7-9-12/h2-9,19H,10H2,1H3,(H,18,20). The molecule has 1 unspecified atom stereocenters. The first-order valence-corrected chi connectivity index (χ1v) is 6.66. The molecule has 0 aromatic heterocycles. The summed E-state index contributed by atoms with van der Waals surface area (Å²) in [4.78, 5) is 11.5. The normalized spacial score (nSPS) is 21.1. The number of halogens is 1. The van der Waals surface area contributed by atoms with Crippen LogP contribution in [0.15, 0.2) is 48.5 Å². The van der Waals surface area contributed by atoms with Crippen molar-refractivity contribution in [1.29, 1.82) is 0 Å². The average molecular weight is 286 g/mol. The number of hydrogen-bond donors (Lipinski definition) is 2. The van der Waals surface area contributed by atoms with E-state index in [4.69, 9.17) is 4.74 Å².